The summed E-state index contributed by atoms with van der Waals surface area (Å²) in [6.45, 7) is 5.85. The molecule has 0 aromatic heterocycles. The van der Waals surface area contributed by atoms with Crippen LogP contribution in [0.2, 0.25) is 0 Å². The van der Waals surface area contributed by atoms with Crippen molar-refractivity contribution in [2.24, 2.45) is 0 Å². The van der Waals surface area contributed by atoms with Crippen LogP contribution in [0.1, 0.15) is 26.7 Å². The van der Waals surface area contributed by atoms with Gasteiger partial charge < -0.3 is 10.0 Å². The van der Waals surface area contributed by atoms with Crippen LogP contribution in [-0.2, 0) is 4.79 Å². The molecule has 1 N–H and O–H groups in total. The molecule has 1 aromatic carbocycles. The van der Waals surface area contributed by atoms with Gasteiger partial charge in [0.1, 0.15) is 5.82 Å². The molecular weight excluding hydrogens is 271 g/mol. The SMILES string of the molecule is CCN(C(=O)CN1CCCC(C)(O)C1)c1ccc(F)cc1. The van der Waals surface area contributed by atoms with E-state index < -0.39 is 5.60 Å². The predicted octanol–water partition coefficient (Wildman–Crippen LogP) is 2.03. The maximum absolute atomic E-state index is 13.0. The highest BCUT2D eigenvalue weighted by atomic mass is 19.1. The van der Waals surface area contributed by atoms with Crippen molar-refractivity contribution in [3.63, 3.8) is 0 Å². The van der Waals surface area contributed by atoms with Gasteiger partial charge in [0, 0.05) is 18.8 Å². The Hall–Kier alpha value is -1.46. The lowest BCUT2D eigenvalue weighted by Crippen LogP contribution is -2.50. The number of nitrogens with zero attached hydrogens (tertiary/aromatic N) is 2. The number of amides is 1. The summed E-state index contributed by atoms with van der Waals surface area (Å²) < 4.78 is 13.0. The lowest BCUT2D eigenvalue weighted by molar-refractivity contribution is -0.121. The molecule has 5 heteroatoms. The zero-order chi connectivity index (χ0) is 15.5. The first-order valence-electron chi connectivity index (χ1n) is 7.42. The van der Waals surface area contributed by atoms with Crippen molar-refractivity contribution < 1.29 is 14.3 Å². The van der Waals surface area contributed by atoms with E-state index in [1.165, 1.54) is 12.1 Å². The first-order chi connectivity index (χ1) is 9.91. The van der Waals surface area contributed by atoms with Crippen LogP contribution in [0.3, 0.4) is 0 Å². The number of carbonyl (C=O) groups excluding carboxylic acids is 1. The van der Waals surface area contributed by atoms with Crippen LogP contribution in [0, 0.1) is 5.82 Å². The molecule has 1 atom stereocenters. The molecule has 1 fully saturated rings. The smallest absolute Gasteiger partial charge is 0.241 e. The van der Waals surface area contributed by atoms with Gasteiger partial charge in [-0.15, -0.1) is 0 Å². The summed E-state index contributed by atoms with van der Waals surface area (Å²) in [5.41, 5.74) is -0.0153. The van der Waals surface area contributed by atoms with E-state index in [0.29, 0.717) is 18.8 Å². The summed E-state index contributed by atoms with van der Waals surface area (Å²) in [4.78, 5) is 16.1. The molecule has 2 rings (SSSR count). The second-order valence-corrected chi connectivity index (χ2v) is 5.93. The van der Waals surface area contributed by atoms with E-state index in [2.05, 4.69) is 0 Å². The van der Waals surface area contributed by atoms with E-state index in [4.69, 9.17) is 0 Å². The number of β-amino-alcohol motifs (C(OH)–C–C–N with tert-alkyl or cyclic N) is 1. The van der Waals surface area contributed by atoms with Crippen molar-refractivity contribution in [1.82, 2.24) is 4.90 Å². The summed E-state index contributed by atoms with van der Waals surface area (Å²) in [7, 11) is 0. The molecule has 0 radical (unpaired) electrons. The molecule has 1 unspecified atom stereocenters. The Balaban J connectivity index is 2.02. The van der Waals surface area contributed by atoms with Gasteiger partial charge in [0.2, 0.25) is 5.91 Å². The fraction of sp³-hybridized carbons (Fsp3) is 0.562. The van der Waals surface area contributed by atoms with E-state index >= 15 is 0 Å². The molecule has 116 valence electrons. The highest BCUT2D eigenvalue weighted by Crippen LogP contribution is 2.21. The Kier molecular flexibility index (Phi) is 4.96. The number of likely N-dealkylation sites (tertiary alicyclic amines) is 1. The molecule has 0 saturated carbocycles. The van der Waals surface area contributed by atoms with Crippen molar-refractivity contribution >= 4 is 11.6 Å². The number of hydrogen-bond donors (Lipinski definition) is 1. The molecule has 1 aliphatic rings. The number of halogens is 1. The molecule has 1 aliphatic heterocycles. The Labute approximate surface area is 125 Å². The van der Waals surface area contributed by atoms with Crippen LogP contribution in [0.5, 0.6) is 0 Å². The molecule has 1 aromatic rings. The van der Waals surface area contributed by atoms with Crippen LogP contribution < -0.4 is 4.90 Å². The standard InChI is InChI=1S/C16H23FN2O2/c1-3-19(14-7-5-13(17)6-8-14)15(20)11-18-10-4-9-16(2,21)12-18/h5-8,21H,3-4,9-12H2,1-2H3. The van der Waals surface area contributed by atoms with Crippen molar-refractivity contribution in [3.05, 3.63) is 30.1 Å². The molecular formula is C16H23FN2O2. The number of piperidine rings is 1. The van der Waals surface area contributed by atoms with Gasteiger partial charge >= 0.3 is 0 Å². The molecule has 0 aliphatic carbocycles. The van der Waals surface area contributed by atoms with Gasteiger partial charge in [-0.05, 0) is 57.5 Å². The Morgan fingerprint density at radius 1 is 1.43 bits per heavy atom. The maximum Gasteiger partial charge on any atom is 0.241 e. The largest absolute Gasteiger partial charge is 0.389 e. The van der Waals surface area contributed by atoms with E-state index in [0.717, 1.165) is 19.4 Å². The minimum atomic E-state index is -0.717. The Morgan fingerprint density at radius 2 is 2.10 bits per heavy atom. The number of carbonyl (C=O) groups is 1. The van der Waals surface area contributed by atoms with Gasteiger partial charge in [0.25, 0.3) is 0 Å². The fourth-order valence-corrected chi connectivity index (χ4v) is 2.86. The second kappa shape index (κ2) is 6.54. The normalized spacial score (nSPS) is 23.0. The summed E-state index contributed by atoms with van der Waals surface area (Å²) >= 11 is 0. The third-order valence-electron chi connectivity index (χ3n) is 3.87. The molecule has 4 nitrogen and oxygen atoms in total. The Bertz CT molecular complexity index is 488. The zero-order valence-electron chi connectivity index (χ0n) is 12.7. The monoisotopic (exact) mass is 294 g/mol. The average Bonchev–Trinajstić information content (AvgIpc) is 2.40. The van der Waals surface area contributed by atoms with Crippen molar-refractivity contribution in [3.8, 4) is 0 Å². The summed E-state index contributed by atoms with van der Waals surface area (Å²) in [6.07, 6.45) is 1.66. The topological polar surface area (TPSA) is 43.8 Å². The molecule has 1 amide bonds. The number of rotatable bonds is 4. The lowest BCUT2D eigenvalue weighted by Gasteiger charge is -2.37. The van der Waals surface area contributed by atoms with Gasteiger partial charge in [0.05, 0.1) is 12.1 Å². The number of likely N-dealkylation sites (N-methyl/N-ethyl adjacent to an activating group) is 1. The van der Waals surface area contributed by atoms with E-state index in [9.17, 15) is 14.3 Å². The molecule has 21 heavy (non-hydrogen) atoms. The number of hydrogen-bond acceptors (Lipinski definition) is 3. The highest BCUT2D eigenvalue weighted by Gasteiger charge is 2.30. The quantitative estimate of drug-likeness (QED) is 0.924. The minimum absolute atomic E-state index is 0.0261. The van der Waals surface area contributed by atoms with Gasteiger partial charge in [-0.25, -0.2) is 4.39 Å². The number of anilines is 1. The summed E-state index contributed by atoms with van der Waals surface area (Å²) in [6, 6.07) is 5.94. The highest BCUT2D eigenvalue weighted by molar-refractivity contribution is 5.94. The zero-order valence-corrected chi connectivity index (χ0v) is 12.7. The lowest BCUT2D eigenvalue weighted by atomic mass is 9.95. The van der Waals surface area contributed by atoms with Crippen molar-refractivity contribution in [2.75, 3.05) is 31.1 Å². The summed E-state index contributed by atoms with van der Waals surface area (Å²) in [5, 5.41) is 10.1. The second-order valence-electron chi connectivity index (χ2n) is 5.93. The first-order valence-corrected chi connectivity index (χ1v) is 7.42. The van der Waals surface area contributed by atoms with E-state index in [-0.39, 0.29) is 18.3 Å². The van der Waals surface area contributed by atoms with Gasteiger partial charge in [-0.1, -0.05) is 0 Å². The predicted molar refractivity (Wildman–Crippen MR) is 80.7 cm³/mol. The van der Waals surface area contributed by atoms with Crippen LogP contribution >= 0.6 is 0 Å². The number of aliphatic hydroxyl groups is 1. The fourth-order valence-electron chi connectivity index (χ4n) is 2.86. The van der Waals surface area contributed by atoms with Crippen LogP contribution in [-0.4, -0.2) is 47.7 Å². The third-order valence-corrected chi connectivity index (χ3v) is 3.87. The maximum atomic E-state index is 13.0. The minimum Gasteiger partial charge on any atom is -0.389 e. The van der Waals surface area contributed by atoms with Crippen LogP contribution in [0.25, 0.3) is 0 Å². The molecule has 1 heterocycles. The van der Waals surface area contributed by atoms with Crippen molar-refractivity contribution in [1.29, 1.82) is 0 Å². The van der Waals surface area contributed by atoms with Gasteiger partial charge in [-0.3, -0.25) is 9.69 Å². The Morgan fingerprint density at radius 3 is 2.67 bits per heavy atom. The van der Waals surface area contributed by atoms with Gasteiger partial charge in [-0.2, -0.15) is 0 Å². The molecule has 1 saturated heterocycles. The molecule has 0 spiro atoms. The van der Waals surface area contributed by atoms with Crippen LogP contribution in [0.4, 0.5) is 10.1 Å². The van der Waals surface area contributed by atoms with E-state index in [1.807, 2.05) is 11.8 Å². The third kappa shape index (κ3) is 4.25. The summed E-state index contributed by atoms with van der Waals surface area (Å²) in [5.74, 6) is -0.337. The van der Waals surface area contributed by atoms with Crippen LogP contribution in [0.15, 0.2) is 24.3 Å². The van der Waals surface area contributed by atoms with E-state index in [1.54, 1.807) is 24.0 Å². The first kappa shape index (κ1) is 15.9. The number of benzene rings is 1. The van der Waals surface area contributed by atoms with Gasteiger partial charge in [0.15, 0.2) is 0 Å². The van der Waals surface area contributed by atoms with Crippen molar-refractivity contribution in [2.45, 2.75) is 32.3 Å². The average molecular weight is 294 g/mol. The molecule has 0 bridgehead atoms.